The number of ether oxygens (including phenoxy) is 1. The Balaban J connectivity index is 1.51. The van der Waals surface area contributed by atoms with Crippen LogP contribution in [0.5, 0.6) is 0 Å². The molecule has 1 aromatic carbocycles. The van der Waals surface area contributed by atoms with Gasteiger partial charge >= 0.3 is 0 Å². The largest absolute Gasteiger partial charge is 0.379 e. The third kappa shape index (κ3) is 3.31. The smallest absolute Gasteiger partial charge is 0.245 e. The van der Waals surface area contributed by atoms with Crippen molar-refractivity contribution in [3.05, 3.63) is 41.7 Å². The van der Waals surface area contributed by atoms with Crippen molar-refractivity contribution in [1.82, 2.24) is 25.1 Å². The first-order chi connectivity index (χ1) is 11.8. The number of carbonyl (C=O) groups is 1. The molecule has 1 saturated heterocycles. The molecular weight excluding hydrogens is 306 g/mol. The fraction of sp³-hybridized carbons (Fsp3) is 0.529. The van der Waals surface area contributed by atoms with E-state index in [9.17, 15) is 4.79 Å². The number of rotatable bonds is 6. The Morgan fingerprint density at radius 2 is 2.08 bits per heavy atom. The predicted octanol–water partition coefficient (Wildman–Crippen LogP) is 1.37. The zero-order valence-corrected chi connectivity index (χ0v) is 13.5. The average Bonchev–Trinajstić information content (AvgIpc) is 3.10. The van der Waals surface area contributed by atoms with Gasteiger partial charge in [-0.2, -0.15) is 0 Å². The molecule has 1 atom stereocenters. The van der Waals surface area contributed by atoms with E-state index in [1.54, 1.807) is 4.68 Å². The molecule has 0 N–H and O–H groups in total. The Labute approximate surface area is 140 Å². The van der Waals surface area contributed by atoms with E-state index in [0.717, 1.165) is 30.7 Å². The van der Waals surface area contributed by atoms with Crippen molar-refractivity contribution >= 4 is 5.91 Å². The number of hydrogen-bond donors (Lipinski definition) is 0. The molecule has 2 aliphatic rings. The molecule has 0 bridgehead atoms. The van der Waals surface area contributed by atoms with Crippen LogP contribution in [0.4, 0.5) is 0 Å². The highest BCUT2D eigenvalue weighted by molar-refractivity contribution is 5.76. The van der Waals surface area contributed by atoms with Crippen molar-refractivity contribution in [3.63, 3.8) is 0 Å². The molecule has 7 heteroatoms. The van der Waals surface area contributed by atoms with E-state index in [1.807, 2.05) is 35.2 Å². The van der Waals surface area contributed by atoms with E-state index in [2.05, 4.69) is 15.5 Å². The quantitative estimate of drug-likeness (QED) is 0.801. The molecule has 0 radical (unpaired) electrons. The molecule has 4 rings (SSSR count). The van der Waals surface area contributed by atoms with Crippen molar-refractivity contribution in [2.24, 2.45) is 0 Å². The maximum Gasteiger partial charge on any atom is 0.245 e. The Morgan fingerprint density at radius 1 is 1.25 bits per heavy atom. The minimum absolute atomic E-state index is 0.0450. The van der Waals surface area contributed by atoms with Gasteiger partial charge in [0.15, 0.2) is 5.82 Å². The molecule has 1 aliphatic heterocycles. The number of hydrogen-bond acceptors (Lipinski definition) is 5. The Bertz CT molecular complexity index is 692. The van der Waals surface area contributed by atoms with Crippen LogP contribution in [0.3, 0.4) is 0 Å². The van der Waals surface area contributed by atoms with E-state index in [1.165, 1.54) is 0 Å². The normalized spacial score (nSPS) is 20.2. The minimum atomic E-state index is 0.0450. The fourth-order valence-electron chi connectivity index (χ4n) is 3.15. The summed E-state index contributed by atoms with van der Waals surface area (Å²) in [6.45, 7) is 2.10. The van der Waals surface area contributed by atoms with Crippen LogP contribution in [0.1, 0.15) is 36.6 Å². The molecule has 24 heavy (non-hydrogen) atoms. The summed E-state index contributed by atoms with van der Waals surface area (Å²) in [5, 5.41) is 11.8. The number of amides is 1. The van der Waals surface area contributed by atoms with Gasteiger partial charge in [-0.05, 0) is 35.3 Å². The molecular formula is C17H21N5O2. The summed E-state index contributed by atoms with van der Waals surface area (Å²) in [5.74, 6) is 1.31. The molecule has 1 saturated carbocycles. The highest BCUT2D eigenvalue weighted by Crippen LogP contribution is 2.38. The van der Waals surface area contributed by atoms with Crippen LogP contribution in [0.15, 0.2) is 30.3 Å². The molecule has 7 nitrogen and oxygen atoms in total. The van der Waals surface area contributed by atoms with Crippen LogP contribution < -0.4 is 0 Å². The maximum absolute atomic E-state index is 13.0. The Kier molecular flexibility index (Phi) is 4.25. The van der Waals surface area contributed by atoms with Gasteiger partial charge in [0, 0.05) is 19.1 Å². The summed E-state index contributed by atoms with van der Waals surface area (Å²) >= 11 is 0. The van der Waals surface area contributed by atoms with Gasteiger partial charge in [0.05, 0.1) is 12.6 Å². The van der Waals surface area contributed by atoms with Crippen LogP contribution in [-0.4, -0.2) is 50.3 Å². The lowest BCUT2D eigenvalue weighted by molar-refractivity contribution is -0.135. The van der Waals surface area contributed by atoms with E-state index in [4.69, 9.17) is 4.74 Å². The van der Waals surface area contributed by atoms with Crippen LogP contribution in [0, 0.1) is 0 Å². The first kappa shape index (κ1) is 15.3. The van der Waals surface area contributed by atoms with E-state index < -0.39 is 0 Å². The molecule has 126 valence electrons. The summed E-state index contributed by atoms with van der Waals surface area (Å²) in [4.78, 5) is 14.9. The number of carbonyl (C=O) groups excluding carboxylic acids is 1. The number of tetrazole rings is 1. The fourth-order valence-corrected chi connectivity index (χ4v) is 3.15. The maximum atomic E-state index is 13.0. The molecule has 1 aliphatic carbocycles. The van der Waals surface area contributed by atoms with E-state index in [0.29, 0.717) is 25.7 Å². The van der Waals surface area contributed by atoms with Crippen molar-refractivity contribution in [3.8, 4) is 0 Å². The van der Waals surface area contributed by atoms with Crippen molar-refractivity contribution < 1.29 is 9.53 Å². The molecule has 0 spiro atoms. The van der Waals surface area contributed by atoms with Gasteiger partial charge in [-0.25, -0.2) is 4.68 Å². The molecule has 1 amide bonds. The summed E-state index contributed by atoms with van der Waals surface area (Å²) in [6.07, 6.45) is 3.10. The van der Waals surface area contributed by atoms with Gasteiger partial charge in [-0.3, -0.25) is 4.79 Å². The summed E-state index contributed by atoms with van der Waals surface area (Å²) < 4.78 is 7.15. The van der Waals surface area contributed by atoms with E-state index >= 15 is 0 Å². The summed E-state index contributed by atoms with van der Waals surface area (Å²) in [7, 11) is 0. The lowest BCUT2D eigenvalue weighted by Gasteiger charge is -2.28. The van der Waals surface area contributed by atoms with Gasteiger partial charge in [-0.15, -0.1) is 5.10 Å². The highest BCUT2D eigenvalue weighted by Gasteiger charge is 2.32. The van der Waals surface area contributed by atoms with Crippen LogP contribution in [0.2, 0.25) is 0 Å². The zero-order valence-electron chi connectivity index (χ0n) is 13.5. The van der Waals surface area contributed by atoms with Gasteiger partial charge in [-0.1, -0.05) is 30.3 Å². The third-order valence-electron chi connectivity index (χ3n) is 4.65. The SMILES string of the molecule is O=C(Cn1nnnc1C1CC1)N(Cc1ccccc1)C1CCOC1. The van der Waals surface area contributed by atoms with Gasteiger partial charge in [0.1, 0.15) is 6.54 Å². The van der Waals surface area contributed by atoms with Crippen molar-refractivity contribution in [2.45, 2.75) is 44.3 Å². The molecule has 1 aromatic heterocycles. The van der Waals surface area contributed by atoms with Gasteiger partial charge < -0.3 is 9.64 Å². The van der Waals surface area contributed by atoms with Crippen LogP contribution in [0.25, 0.3) is 0 Å². The second-order valence-electron chi connectivity index (χ2n) is 6.49. The lowest BCUT2D eigenvalue weighted by atomic mass is 10.1. The second-order valence-corrected chi connectivity index (χ2v) is 6.49. The topological polar surface area (TPSA) is 73.1 Å². The van der Waals surface area contributed by atoms with Crippen molar-refractivity contribution in [2.75, 3.05) is 13.2 Å². The number of nitrogens with zero attached hydrogens (tertiary/aromatic N) is 5. The second kappa shape index (κ2) is 6.68. The molecule has 2 fully saturated rings. The minimum Gasteiger partial charge on any atom is -0.379 e. The average molecular weight is 327 g/mol. The van der Waals surface area contributed by atoms with Gasteiger partial charge in [0.2, 0.25) is 5.91 Å². The summed E-state index contributed by atoms with van der Waals surface area (Å²) in [6, 6.07) is 10.2. The standard InChI is InChI=1S/C17H21N5O2/c23-16(11-22-17(14-6-7-14)18-19-20-22)21(15-8-9-24-12-15)10-13-4-2-1-3-5-13/h1-5,14-15H,6-12H2. The third-order valence-corrected chi connectivity index (χ3v) is 4.65. The first-order valence-corrected chi connectivity index (χ1v) is 8.48. The Hall–Kier alpha value is -2.28. The predicted molar refractivity (Wildman–Crippen MR) is 86.0 cm³/mol. The molecule has 1 unspecified atom stereocenters. The molecule has 2 heterocycles. The number of aromatic nitrogens is 4. The Morgan fingerprint density at radius 3 is 2.79 bits per heavy atom. The van der Waals surface area contributed by atoms with Crippen LogP contribution in [-0.2, 0) is 22.6 Å². The molecule has 2 aromatic rings. The monoisotopic (exact) mass is 327 g/mol. The first-order valence-electron chi connectivity index (χ1n) is 8.48. The van der Waals surface area contributed by atoms with Crippen LogP contribution >= 0.6 is 0 Å². The zero-order chi connectivity index (χ0) is 16.4. The summed E-state index contributed by atoms with van der Waals surface area (Å²) in [5.41, 5.74) is 1.12. The highest BCUT2D eigenvalue weighted by atomic mass is 16.5. The number of benzene rings is 1. The van der Waals surface area contributed by atoms with Crippen molar-refractivity contribution in [1.29, 1.82) is 0 Å². The van der Waals surface area contributed by atoms with Gasteiger partial charge in [0.25, 0.3) is 0 Å². The van der Waals surface area contributed by atoms with E-state index in [-0.39, 0.29) is 18.5 Å². The lowest BCUT2D eigenvalue weighted by Crippen LogP contribution is -2.42.